The first-order valence-corrected chi connectivity index (χ1v) is 10.1. The minimum absolute atomic E-state index is 0. The first kappa shape index (κ1) is 19.6. The summed E-state index contributed by atoms with van der Waals surface area (Å²) in [5.41, 5.74) is 2.48. The molecule has 25 heavy (non-hydrogen) atoms. The van der Waals surface area contributed by atoms with E-state index in [2.05, 4.69) is 11.1 Å². The van der Waals surface area contributed by atoms with Gasteiger partial charge in [-0.05, 0) is 85.0 Å². The standard InChI is InChI=1S/C18H24O5S.Na/c1-18-9-8-14-13-5-3-12(23-24(20,21)22)10-11(13)2-4-15(14)16(18)6-7-17(18)19;/h3,5,10,14-17,19H,2,4,6-9H2,1H3,(H,20,21,22);/q;+1/t14?,15-,16?,17+,18+;/m1./s1. The van der Waals surface area contributed by atoms with Gasteiger partial charge in [-0.25, -0.2) is 0 Å². The van der Waals surface area contributed by atoms with Crippen LogP contribution in [-0.4, -0.2) is 24.2 Å². The van der Waals surface area contributed by atoms with Crippen molar-refractivity contribution in [3.8, 4) is 5.75 Å². The van der Waals surface area contributed by atoms with Gasteiger partial charge in [-0.1, -0.05) is 13.0 Å². The molecule has 3 aliphatic carbocycles. The number of hydrogen-bond acceptors (Lipinski definition) is 4. The van der Waals surface area contributed by atoms with Crippen LogP contribution in [0.15, 0.2) is 18.2 Å². The van der Waals surface area contributed by atoms with E-state index in [1.807, 2.05) is 6.07 Å². The summed E-state index contributed by atoms with van der Waals surface area (Å²) in [4.78, 5) is 0. The van der Waals surface area contributed by atoms with E-state index in [0.717, 1.165) is 44.1 Å². The minimum Gasteiger partial charge on any atom is -0.393 e. The van der Waals surface area contributed by atoms with E-state index in [0.29, 0.717) is 17.8 Å². The molecule has 2 N–H and O–H groups in total. The molecule has 2 saturated carbocycles. The van der Waals surface area contributed by atoms with Crippen LogP contribution in [0, 0.1) is 17.3 Å². The number of aryl methyl sites for hydroxylation is 1. The zero-order valence-electron chi connectivity index (χ0n) is 14.8. The average molecular weight is 375 g/mol. The van der Waals surface area contributed by atoms with Crippen molar-refractivity contribution in [1.29, 1.82) is 0 Å². The Morgan fingerprint density at radius 2 is 1.96 bits per heavy atom. The number of rotatable bonds is 2. The molecular weight excluding hydrogens is 351 g/mol. The quantitative estimate of drug-likeness (QED) is 0.565. The summed E-state index contributed by atoms with van der Waals surface area (Å²) in [6.07, 6.45) is 5.93. The Balaban J connectivity index is 0.00000182. The molecule has 5 atom stereocenters. The Labute approximate surface area is 171 Å². The van der Waals surface area contributed by atoms with Crippen LogP contribution in [0.1, 0.15) is 56.1 Å². The first-order chi connectivity index (χ1) is 11.3. The Morgan fingerprint density at radius 1 is 1.20 bits per heavy atom. The second-order valence-corrected chi connectivity index (χ2v) is 8.95. The minimum atomic E-state index is -4.48. The molecule has 0 aliphatic heterocycles. The molecule has 0 aromatic heterocycles. The zero-order chi connectivity index (χ0) is 17.1. The third-order valence-electron chi connectivity index (χ3n) is 6.85. The summed E-state index contributed by atoms with van der Waals surface area (Å²) in [7, 11) is -4.48. The summed E-state index contributed by atoms with van der Waals surface area (Å²) in [5.74, 6) is 1.83. The van der Waals surface area contributed by atoms with Crippen LogP contribution in [0.5, 0.6) is 5.75 Å². The molecule has 7 heteroatoms. The van der Waals surface area contributed by atoms with E-state index in [9.17, 15) is 13.5 Å². The van der Waals surface area contributed by atoms with Gasteiger partial charge >= 0.3 is 40.0 Å². The van der Waals surface area contributed by atoms with Crippen molar-refractivity contribution in [2.45, 2.75) is 57.5 Å². The molecule has 0 amide bonds. The second-order valence-electron chi connectivity index (χ2n) is 7.92. The van der Waals surface area contributed by atoms with Gasteiger partial charge in [0.15, 0.2) is 0 Å². The second kappa shape index (κ2) is 6.80. The predicted molar refractivity (Wildman–Crippen MR) is 89.2 cm³/mol. The van der Waals surface area contributed by atoms with E-state index in [-0.39, 0.29) is 46.8 Å². The van der Waals surface area contributed by atoms with Crippen LogP contribution in [0.4, 0.5) is 0 Å². The van der Waals surface area contributed by atoms with Gasteiger partial charge < -0.3 is 9.29 Å². The molecule has 132 valence electrons. The van der Waals surface area contributed by atoms with Crippen LogP contribution in [-0.2, 0) is 16.8 Å². The SMILES string of the molecule is C[C@]12CCC3c4ccc(OS(=O)(=O)O)cc4CC[C@H]3C1CC[C@@H]2O.[Na+]. The summed E-state index contributed by atoms with van der Waals surface area (Å²) >= 11 is 0. The van der Waals surface area contributed by atoms with Gasteiger partial charge in [-0.15, -0.1) is 0 Å². The fourth-order valence-corrected chi connectivity index (χ4v) is 6.05. The Hall–Kier alpha value is -0.110. The Kier molecular flexibility index (Phi) is 5.35. The molecule has 5 nitrogen and oxygen atoms in total. The molecule has 1 aromatic carbocycles. The van der Waals surface area contributed by atoms with E-state index in [1.165, 1.54) is 5.56 Å². The van der Waals surface area contributed by atoms with Crippen LogP contribution in [0.2, 0.25) is 0 Å². The van der Waals surface area contributed by atoms with Crippen LogP contribution < -0.4 is 33.7 Å². The number of aliphatic hydroxyl groups is 1. The number of aliphatic hydroxyl groups excluding tert-OH is 1. The van der Waals surface area contributed by atoms with Crippen molar-refractivity contribution in [2.75, 3.05) is 0 Å². The molecule has 0 radical (unpaired) electrons. The maximum Gasteiger partial charge on any atom is 1.00 e. The molecule has 4 rings (SSSR count). The van der Waals surface area contributed by atoms with Crippen molar-refractivity contribution in [3.05, 3.63) is 29.3 Å². The fourth-order valence-electron chi connectivity index (χ4n) is 5.70. The van der Waals surface area contributed by atoms with Crippen molar-refractivity contribution in [3.63, 3.8) is 0 Å². The van der Waals surface area contributed by atoms with E-state index in [1.54, 1.807) is 12.1 Å². The largest absolute Gasteiger partial charge is 1.00 e. The monoisotopic (exact) mass is 375 g/mol. The normalized spacial score (nSPS) is 36.6. The van der Waals surface area contributed by atoms with E-state index in [4.69, 9.17) is 4.55 Å². The third-order valence-corrected chi connectivity index (χ3v) is 7.25. The molecule has 0 heterocycles. The van der Waals surface area contributed by atoms with Gasteiger partial charge in [0.05, 0.1) is 6.10 Å². The summed E-state index contributed by atoms with van der Waals surface area (Å²) in [6, 6.07) is 5.34. The van der Waals surface area contributed by atoms with Crippen molar-refractivity contribution in [1.82, 2.24) is 0 Å². The number of benzene rings is 1. The van der Waals surface area contributed by atoms with Gasteiger partial charge in [0.1, 0.15) is 5.75 Å². The maximum absolute atomic E-state index is 10.9. The molecule has 0 saturated heterocycles. The van der Waals surface area contributed by atoms with Crippen LogP contribution in [0.25, 0.3) is 0 Å². The third kappa shape index (κ3) is 3.42. The first-order valence-electron chi connectivity index (χ1n) is 8.76. The number of hydrogen-bond donors (Lipinski definition) is 2. The summed E-state index contributed by atoms with van der Waals surface area (Å²) < 4.78 is 35.2. The topological polar surface area (TPSA) is 83.8 Å². The van der Waals surface area contributed by atoms with Gasteiger partial charge in [0.25, 0.3) is 0 Å². The zero-order valence-corrected chi connectivity index (χ0v) is 17.6. The smallest absolute Gasteiger partial charge is 0.393 e. The summed E-state index contributed by atoms with van der Waals surface area (Å²) in [5, 5.41) is 10.4. The van der Waals surface area contributed by atoms with Gasteiger partial charge in [-0.3, -0.25) is 4.55 Å². The Bertz CT molecular complexity index is 765. The summed E-state index contributed by atoms with van der Waals surface area (Å²) in [6.45, 7) is 2.25. The van der Waals surface area contributed by atoms with Crippen LogP contribution in [0.3, 0.4) is 0 Å². The van der Waals surface area contributed by atoms with Crippen molar-refractivity contribution >= 4 is 10.4 Å². The van der Waals surface area contributed by atoms with Crippen LogP contribution >= 0.6 is 0 Å². The Morgan fingerprint density at radius 3 is 2.68 bits per heavy atom. The van der Waals surface area contributed by atoms with Crippen molar-refractivity contribution < 1.29 is 51.8 Å². The molecule has 3 aliphatic rings. The van der Waals surface area contributed by atoms with Gasteiger partial charge in [0, 0.05) is 0 Å². The average Bonchev–Trinajstić information content (AvgIpc) is 2.81. The molecule has 1 aromatic rings. The number of fused-ring (bicyclic) bond motifs is 5. The molecule has 0 spiro atoms. The van der Waals surface area contributed by atoms with Gasteiger partial charge in [0.2, 0.25) is 0 Å². The van der Waals surface area contributed by atoms with Crippen molar-refractivity contribution in [2.24, 2.45) is 17.3 Å². The van der Waals surface area contributed by atoms with E-state index >= 15 is 0 Å². The molecular formula is C18H24NaO5S+. The van der Waals surface area contributed by atoms with E-state index < -0.39 is 10.4 Å². The molecule has 2 fully saturated rings. The van der Waals surface area contributed by atoms with Gasteiger partial charge in [-0.2, -0.15) is 8.42 Å². The fraction of sp³-hybridized carbons (Fsp3) is 0.667. The molecule has 2 unspecified atom stereocenters. The predicted octanol–water partition coefficient (Wildman–Crippen LogP) is 0.0892. The molecule has 0 bridgehead atoms. The maximum atomic E-state index is 10.9.